The molecule has 5 heteroatoms. The van der Waals surface area contributed by atoms with E-state index < -0.39 is 11.7 Å². The predicted molar refractivity (Wildman–Crippen MR) is 114 cm³/mol. The van der Waals surface area contributed by atoms with Crippen molar-refractivity contribution >= 4 is 5.91 Å². The average molecular weight is 398 g/mol. The quantitative estimate of drug-likeness (QED) is 0.787. The van der Waals surface area contributed by atoms with Crippen LogP contribution in [0, 0.1) is 20.8 Å². The van der Waals surface area contributed by atoms with Gasteiger partial charge in [-0.3, -0.25) is 4.79 Å². The Kier molecular flexibility index (Phi) is 5.78. The van der Waals surface area contributed by atoms with Gasteiger partial charge in [-0.2, -0.15) is 0 Å². The lowest BCUT2D eigenvalue weighted by atomic mass is 9.89. The topological polar surface area (TPSA) is 56.8 Å². The van der Waals surface area contributed by atoms with Crippen LogP contribution in [-0.2, 0) is 4.79 Å². The molecule has 0 radical (unpaired) electrons. The molecule has 5 nitrogen and oxygen atoms in total. The van der Waals surface area contributed by atoms with Crippen molar-refractivity contribution in [3.63, 3.8) is 0 Å². The maximum atomic E-state index is 12.9. The van der Waals surface area contributed by atoms with Gasteiger partial charge in [-0.15, -0.1) is 0 Å². The molecule has 1 heterocycles. The fraction of sp³-hybridized carbons (Fsp3) is 0.458. The molecule has 0 spiro atoms. The molecule has 0 aliphatic carbocycles. The van der Waals surface area contributed by atoms with Crippen LogP contribution in [0.4, 0.5) is 0 Å². The van der Waals surface area contributed by atoms with Gasteiger partial charge in [0.2, 0.25) is 0 Å². The van der Waals surface area contributed by atoms with Crippen LogP contribution >= 0.6 is 0 Å². The lowest BCUT2D eigenvalue weighted by Gasteiger charge is -2.38. The van der Waals surface area contributed by atoms with E-state index in [-0.39, 0.29) is 11.9 Å². The minimum Gasteiger partial charge on any atom is -0.497 e. The van der Waals surface area contributed by atoms with Gasteiger partial charge < -0.3 is 19.5 Å². The molecule has 0 aromatic heterocycles. The van der Waals surface area contributed by atoms with Gasteiger partial charge >= 0.3 is 0 Å². The molecule has 0 saturated carbocycles. The smallest absolute Gasteiger partial charge is 0.261 e. The van der Waals surface area contributed by atoms with Crippen LogP contribution in [0.25, 0.3) is 0 Å². The molecule has 1 aliphatic heterocycles. The van der Waals surface area contributed by atoms with Crippen LogP contribution in [0.2, 0.25) is 0 Å². The summed E-state index contributed by atoms with van der Waals surface area (Å²) >= 11 is 0. The number of nitrogens with one attached hydrogen (secondary N) is 1. The van der Waals surface area contributed by atoms with Crippen molar-refractivity contribution in [3.8, 4) is 17.2 Å². The molecular weight excluding hydrogens is 366 g/mol. The molecule has 1 aliphatic rings. The number of aryl methyl sites for hydroxylation is 2. The van der Waals surface area contributed by atoms with E-state index in [1.165, 1.54) is 0 Å². The maximum absolute atomic E-state index is 12.9. The highest BCUT2D eigenvalue weighted by Crippen LogP contribution is 2.41. The van der Waals surface area contributed by atoms with E-state index in [0.717, 1.165) is 39.5 Å². The Morgan fingerprint density at radius 3 is 2.62 bits per heavy atom. The van der Waals surface area contributed by atoms with Crippen LogP contribution in [0.3, 0.4) is 0 Å². The monoisotopic (exact) mass is 397 g/mol. The van der Waals surface area contributed by atoms with Gasteiger partial charge in [0.05, 0.1) is 13.2 Å². The summed E-state index contributed by atoms with van der Waals surface area (Å²) in [5, 5.41) is 3.15. The van der Waals surface area contributed by atoms with Crippen LogP contribution in [0.5, 0.6) is 17.2 Å². The first-order valence-electron chi connectivity index (χ1n) is 10.0. The van der Waals surface area contributed by atoms with E-state index in [4.69, 9.17) is 14.2 Å². The molecule has 1 amide bonds. The minimum absolute atomic E-state index is 0.145. The molecule has 2 atom stereocenters. The summed E-state index contributed by atoms with van der Waals surface area (Å²) in [5.74, 6) is 2.08. The standard InChI is InChI=1S/C24H31NO4/c1-14-10-15(2)16(3)21(11-14)28-17(4)23(26)25-20-13-24(5,6)29-22-12-18(27-7)8-9-19(20)22/h8-12,17,20H,13H2,1-7H3,(H,25,26). The number of rotatable bonds is 5. The number of hydrogen-bond donors (Lipinski definition) is 1. The van der Waals surface area contributed by atoms with Gasteiger partial charge in [-0.1, -0.05) is 6.07 Å². The number of carbonyl (C=O) groups is 1. The maximum Gasteiger partial charge on any atom is 0.261 e. The number of carbonyl (C=O) groups excluding carboxylic acids is 1. The van der Waals surface area contributed by atoms with Crippen LogP contribution in [0.1, 0.15) is 55.5 Å². The summed E-state index contributed by atoms with van der Waals surface area (Å²) in [7, 11) is 1.63. The van der Waals surface area contributed by atoms with Crippen molar-refractivity contribution in [1.29, 1.82) is 0 Å². The second-order valence-corrected chi connectivity index (χ2v) is 8.50. The first-order chi connectivity index (χ1) is 13.6. The third-order valence-electron chi connectivity index (χ3n) is 5.43. The first kappa shape index (κ1) is 21.0. The zero-order chi connectivity index (χ0) is 21.3. The summed E-state index contributed by atoms with van der Waals surface area (Å²) in [6.45, 7) is 11.9. The first-order valence-corrected chi connectivity index (χ1v) is 10.0. The summed E-state index contributed by atoms with van der Waals surface area (Å²) < 4.78 is 17.4. The molecule has 2 aromatic rings. The third kappa shape index (κ3) is 4.66. The highest BCUT2D eigenvalue weighted by molar-refractivity contribution is 5.81. The Morgan fingerprint density at radius 2 is 1.93 bits per heavy atom. The average Bonchev–Trinajstić information content (AvgIpc) is 2.64. The second kappa shape index (κ2) is 7.97. The summed E-state index contributed by atoms with van der Waals surface area (Å²) in [6, 6.07) is 9.65. The molecule has 29 heavy (non-hydrogen) atoms. The van der Waals surface area contributed by atoms with Crippen molar-refractivity contribution in [1.82, 2.24) is 5.32 Å². The SMILES string of the molecule is COc1ccc2c(c1)OC(C)(C)CC2NC(=O)C(C)Oc1cc(C)cc(C)c1C. The Morgan fingerprint density at radius 1 is 1.21 bits per heavy atom. The lowest BCUT2D eigenvalue weighted by molar-refractivity contribution is -0.128. The third-order valence-corrected chi connectivity index (χ3v) is 5.43. The Hall–Kier alpha value is -2.69. The lowest BCUT2D eigenvalue weighted by Crippen LogP contribution is -2.44. The van der Waals surface area contributed by atoms with Crippen LogP contribution < -0.4 is 19.5 Å². The van der Waals surface area contributed by atoms with E-state index in [1.807, 2.05) is 52.0 Å². The van der Waals surface area contributed by atoms with E-state index in [2.05, 4.69) is 18.3 Å². The molecule has 2 unspecified atom stereocenters. The van der Waals surface area contributed by atoms with Gasteiger partial charge in [0.1, 0.15) is 22.8 Å². The fourth-order valence-corrected chi connectivity index (χ4v) is 3.74. The minimum atomic E-state index is -0.609. The van der Waals surface area contributed by atoms with Gasteiger partial charge in [-0.05, 0) is 76.4 Å². The van der Waals surface area contributed by atoms with Crippen molar-refractivity contribution in [2.45, 2.75) is 65.7 Å². The van der Waals surface area contributed by atoms with E-state index in [9.17, 15) is 4.79 Å². The molecule has 0 bridgehead atoms. The molecule has 3 rings (SSSR count). The van der Waals surface area contributed by atoms with Crippen molar-refractivity contribution in [3.05, 3.63) is 52.6 Å². The molecule has 1 N–H and O–H groups in total. The van der Waals surface area contributed by atoms with Crippen LogP contribution in [0.15, 0.2) is 30.3 Å². The Bertz CT molecular complexity index is 919. The molecule has 2 aromatic carbocycles. The normalized spacial score (nSPS) is 18.2. The molecule has 156 valence electrons. The zero-order valence-electron chi connectivity index (χ0n) is 18.4. The summed E-state index contributed by atoms with van der Waals surface area (Å²) in [4.78, 5) is 12.9. The highest BCUT2D eigenvalue weighted by atomic mass is 16.5. The van der Waals surface area contributed by atoms with Gasteiger partial charge in [0.15, 0.2) is 6.10 Å². The summed E-state index contributed by atoms with van der Waals surface area (Å²) in [6.07, 6.45) is 0.0652. The summed E-state index contributed by atoms with van der Waals surface area (Å²) in [5.41, 5.74) is 3.88. The van der Waals surface area contributed by atoms with E-state index >= 15 is 0 Å². The Labute approximate surface area is 173 Å². The van der Waals surface area contributed by atoms with Crippen molar-refractivity contribution in [2.75, 3.05) is 7.11 Å². The molecule has 0 saturated heterocycles. The number of hydrogen-bond acceptors (Lipinski definition) is 4. The predicted octanol–water partition coefficient (Wildman–Crippen LogP) is 4.81. The number of methoxy groups -OCH3 is 1. The van der Waals surface area contributed by atoms with Crippen molar-refractivity contribution < 1.29 is 19.0 Å². The number of benzene rings is 2. The zero-order valence-corrected chi connectivity index (χ0v) is 18.4. The second-order valence-electron chi connectivity index (χ2n) is 8.50. The van der Waals surface area contributed by atoms with E-state index in [1.54, 1.807) is 14.0 Å². The van der Waals surface area contributed by atoms with Gasteiger partial charge in [0.25, 0.3) is 5.91 Å². The molecular formula is C24H31NO4. The fourth-order valence-electron chi connectivity index (χ4n) is 3.74. The van der Waals surface area contributed by atoms with Gasteiger partial charge in [-0.25, -0.2) is 0 Å². The highest BCUT2D eigenvalue weighted by Gasteiger charge is 2.35. The van der Waals surface area contributed by atoms with Crippen LogP contribution in [-0.4, -0.2) is 24.7 Å². The largest absolute Gasteiger partial charge is 0.497 e. The molecule has 0 fully saturated rings. The van der Waals surface area contributed by atoms with Gasteiger partial charge in [0, 0.05) is 18.1 Å². The van der Waals surface area contributed by atoms with Crippen molar-refractivity contribution in [2.24, 2.45) is 0 Å². The number of ether oxygens (including phenoxy) is 3. The van der Waals surface area contributed by atoms with E-state index in [0.29, 0.717) is 6.42 Å². The number of amides is 1. The number of fused-ring (bicyclic) bond motifs is 1. The Balaban J connectivity index is 1.78.